The zero-order valence-electron chi connectivity index (χ0n) is 10.5. The molecule has 1 heterocycles. The highest BCUT2D eigenvalue weighted by atomic mass is 16.6. The molecular weight excluding hydrogens is 232 g/mol. The van der Waals surface area contributed by atoms with E-state index in [0.717, 1.165) is 23.3 Å². The normalized spacial score (nSPS) is 17.8. The number of esters is 1. The van der Waals surface area contributed by atoms with Crippen LogP contribution in [-0.4, -0.2) is 30.4 Å². The summed E-state index contributed by atoms with van der Waals surface area (Å²) in [5.41, 5.74) is 2.12. The van der Waals surface area contributed by atoms with Crippen molar-refractivity contribution < 1.29 is 19.4 Å². The summed E-state index contributed by atoms with van der Waals surface area (Å²) in [5.74, 6) is 0.445. The lowest BCUT2D eigenvalue weighted by Gasteiger charge is -2.25. The molecule has 98 valence electrons. The molecule has 1 aromatic carbocycles. The van der Waals surface area contributed by atoms with Crippen molar-refractivity contribution in [2.24, 2.45) is 0 Å². The van der Waals surface area contributed by atoms with Gasteiger partial charge < -0.3 is 14.6 Å². The Morgan fingerprint density at radius 2 is 2.39 bits per heavy atom. The zero-order chi connectivity index (χ0) is 13.0. The van der Waals surface area contributed by atoms with Crippen molar-refractivity contribution >= 4 is 5.97 Å². The van der Waals surface area contributed by atoms with Gasteiger partial charge in [-0.25, -0.2) is 4.79 Å². The zero-order valence-corrected chi connectivity index (χ0v) is 10.5. The molecule has 0 radical (unpaired) electrons. The molecule has 0 aliphatic carbocycles. The molecule has 1 aliphatic rings. The Hall–Kier alpha value is -1.55. The van der Waals surface area contributed by atoms with E-state index in [1.54, 1.807) is 6.92 Å². The number of fused-ring (bicyclic) bond motifs is 1. The van der Waals surface area contributed by atoms with E-state index in [9.17, 15) is 4.79 Å². The van der Waals surface area contributed by atoms with Gasteiger partial charge in [0.2, 0.25) is 0 Å². The van der Waals surface area contributed by atoms with E-state index in [0.29, 0.717) is 19.4 Å². The summed E-state index contributed by atoms with van der Waals surface area (Å²) in [7, 11) is 0. The first-order valence-electron chi connectivity index (χ1n) is 6.30. The molecule has 18 heavy (non-hydrogen) atoms. The SMILES string of the molecule is CCOC(=O)[C@@H]1CCc2ccc(CCO)cc2O1. The summed E-state index contributed by atoms with van der Waals surface area (Å²) >= 11 is 0. The first kappa shape index (κ1) is 12.9. The van der Waals surface area contributed by atoms with Crippen LogP contribution >= 0.6 is 0 Å². The molecule has 0 saturated heterocycles. The maximum absolute atomic E-state index is 11.6. The number of ether oxygens (including phenoxy) is 2. The summed E-state index contributed by atoms with van der Waals surface area (Å²) < 4.78 is 10.6. The average molecular weight is 250 g/mol. The van der Waals surface area contributed by atoms with Crippen molar-refractivity contribution in [1.29, 1.82) is 0 Å². The minimum Gasteiger partial charge on any atom is -0.478 e. The molecule has 0 saturated carbocycles. The molecule has 4 nitrogen and oxygen atoms in total. The van der Waals surface area contributed by atoms with Crippen LogP contribution < -0.4 is 4.74 Å². The quantitative estimate of drug-likeness (QED) is 0.822. The molecule has 1 aromatic rings. The predicted molar refractivity (Wildman–Crippen MR) is 66.6 cm³/mol. The number of aliphatic hydroxyl groups is 1. The number of aryl methyl sites for hydroxylation is 1. The number of carbonyl (C=O) groups excluding carboxylic acids is 1. The molecule has 0 amide bonds. The van der Waals surface area contributed by atoms with Crippen LogP contribution in [0, 0.1) is 0 Å². The highest BCUT2D eigenvalue weighted by Crippen LogP contribution is 2.29. The van der Waals surface area contributed by atoms with Gasteiger partial charge in [0.25, 0.3) is 0 Å². The van der Waals surface area contributed by atoms with E-state index in [2.05, 4.69) is 0 Å². The van der Waals surface area contributed by atoms with Crippen LogP contribution in [0.2, 0.25) is 0 Å². The number of hydrogen-bond acceptors (Lipinski definition) is 4. The van der Waals surface area contributed by atoms with Gasteiger partial charge in [0.05, 0.1) is 6.61 Å². The second-order valence-electron chi connectivity index (χ2n) is 4.31. The fraction of sp³-hybridized carbons (Fsp3) is 0.500. The van der Waals surface area contributed by atoms with Crippen LogP contribution in [0.1, 0.15) is 24.5 Å². The lowest BCUT2D eigenvalue weighted by Crippen LogP contribution is -2.32. The Morgan fingerprint density at radius 1 is 1.56 bits per heavy atom. The number of benzene rings is 1. The molecule has 0 aromatic heterocycles. The van der Waals surface area contributed by atoms with Crippen LogP contribution in [0.15, 0.2) is 18.2 Å². The molecular formula is C14H18O4. The third-order valence-corrected chi connectivity index (χ3v) is 3.03. The molecule has 1 N–H and O–H groups in total. The third kappa shape index (κ3) is 2.82. The lowest BCUT2D eigenvalue weighted by molar-refractivity contribution is -0.152. The number of hydrogen-bond donors (Lipinski definition) is 1. The van der Waals surface area contributed by atoms with Crippen molar-refractivity contribution in [1.82, 2.24) is 0 Å². The monoisotopic (exact) mass is 250 g/mol. The highest BCUT2D eigenvalue weighted by Gasteiger charge is 2.27. The summed E-state index contributed by atoms with van der Waals surface area (Å²) in [6, 6.07) is 5.89. The Bertz CT molecular complexity index is 428. The fourth-order valence-electron chi connectivity index (χ4n) is 2.10. The van der Waals surface area contributed by atoms with Gasteiger partial charge in [-0.05, 0) is 43.4 Å². The Labute approximate surface area is 107 Å². The molecule has 1 atom stereocenters. The lowest BCUT2D eigenvalue weighted by atomic mass is 9.99. The molecule has 1 aliphatic heterocycles. The van der Waals surface area contributed by atoms with Crippen LogP contribution in [0.4, 0.5) is 0 Å². The van der Waals surface area contributed by atoms with Crippen molar-refractivity contribution in [3.05, 3.63) is 29.3 Å². The Balaban J connectivity index is 2.11. The fourth-order valence-corrected chi connectivity index (χ4v) is 2.10. The number of carbonyl (C=O) groups is 1. The maximum Gasteiger partial charge on any atom is 0.347 e. The highest BCUT2D eigenvalue weighted by molar-refractivity contribution is 5.75. The van der Waals surface area contributed by atoms with Crippen molar-refractivity contribution in [3.8, 4) is 5.75 Å². The number of aliphatic hydroxyl groups excluding tert-OH is 1. The summed E-state index contributed by atoms with van der Waals surface area (Å²) in [6.45, 7) is 2.27. The van der Waals surface area contributed by atoms with Crippen LogP contribution in [-0.2, 0) is 22.4 Å². The van der Waals surface area contributed by atoms with E-state index in [4.69, 9.17) is 14.6 Å². The molecule has 2 rings (SSSR count). The van der Waals surface area contributed by atoms with E-state index >= 15 is 0 Å². The van der Waals surface area contributed by atoms with Crippen molar-refractivity contribution in [3.63, 3.8) is 0 Å². The Kier molecular flexibility index (Phi) is 4.20. The summed E-state index contributed by atoms with van der Waals surface area (Å²) in [6.07, 6.45) is 1.58. The van der Waals surface area contributed by atoms with Gasteiger partial charge in [-0.15, -0.1) is 0 Å². The van der Waals surface area contributed by atoms with E-state index in [1.165, 1.54) is 0 Å². The largest absolute Gasteiger partial charge is 0.478 e. The molecule has 0 unspecified atom stereocenters. The average Bonchev–Trinajstić information content (AvgIpc) is 2.38. The van der Waals surface area contributed by atoms with Gasteiger partial charge in [0.15, 0.2) is 6.10 Å². The van der Waals surface area contributed by atoms with E-state index < -0.39 is 6.10 Å². The summed E-state index contributed by atoms with van der Waals surface area (Å²) in [5, 5.41) is 8.92. The second kappa shape index (κ2) is 5.87. The molecule has 0 spiro atoms. The van der Waals surface area contributed by atoms with Crippen molar-refractivity contribution in [2.75, 3.05) is 13.2 Å². The van der Waals surface area contributed by atoms with Gasteiger partial charge >= 0.3 is 5.97 Å². The second-order valence-corrected chi connectivity index (χ2v) is 4.31. The van der Waals surface area contributed by atoms with Gasteiger partial charge in [0.1, 0.15) is 5.75 Å². The van der Waals surface area contributed by atoms with Gasteiger partial charge in [-0.2, -0.15) is 0 Å². The van der Waals surface area contributed by atoms with Crippen LogP contribution in [0.3, 0.4) is 0 Å². The van der Waals surface area contributed by atoms with E-state index in [1.807, 2.05) is 18.2 Å². The minimum atomic E-state index is -0.498. The van der Waals surface area contributed by atoms with Gasteiger partial charge in [-0.1, -0.05) is 12.1 Å². The Morgan fingerprint density at radius 3 is 3.11 bits per heavy atom. The first-order valence-corrected chi connectivity index (χ1v) is 6.30. The van der Waals surface area contributed by atoms with Crippen LogP contribution in [0.25, 0.3) is 0 Å². The summed E-state index contributed by atoms with van der Waals surface area (Å²) in [4.78, 5) is 11.6. The molecule has 0 bridgehead atoms. The standard InChI is InChI=1S/C14H18O4/c1-2-17-14(16)12-6-5-11-4-3-10(7-8-15)9-13(11)18-12/h3-4,9,12,15H,2,5-8H2,1H3/t12-/m0/s1. The topological polar surface area (TPSA) is 55.8 Å². The third-order valence-electron chi connectivity index (χ3n) is 3.03. The minimum absolute atomic E-state index is 0.111. The van der Waals surface area contributed by atoms with Crippen molar-refractivity contribution in [2.45, 2.75) is 32.3 Å². The van der Waals surface area contributed by atoms with Gasteiger partial charge in [-0.3, -0.25) is 0 Å². The predicted octanol–water partition coefficient (Wildman–Crippen LogP) is 1.48. The number of rotatable bonds is 4. The first-order chi connectivity index (χ1) is 8.74. The maximum atomic E-state index is 11.6. The smallest absolute Gasteiger partial charge is 0.347 e. The van der Waals surface area contributed by atoms with E-state index in [-0.39, 0.29) is 12.6 Å². The molecule has 4 heteroatoms. The molecule has 0 fully saturated rings. The van der Waals surface area contributed by atoms with Crippen LogP contribution in [0.5, 0.6) is 5.75 Å². The van der Waals surface area contributed by atoms with Gasteiger partial charge in [0, 0.05) is 6.61 Å².